The molecule has 1 rings (SSSR count). The fraction of sp³-hybridized carbons (Fsp3) is 0.462. The van der Waals surface area contributed by atoms with Crippen LogP contribution in [-0.4, -0.2) is 33.9 Å². The number of methoxy groups -OCH3 is 3. The molecule has 0 bridgehead atoms. The van der Waals surface area contributed by atoms with Gasteiger partial charge in [0, 0.05) is 19.8 Å². The molecular formula is C13H18O5. The van der Waals surface area contributed by atoms with E-state index in [0.29, 0.717) is 5.75 Å². The standard InChI is InChI=1S/C13H18O5/c1-13(16-3,17-4)10-6-5-7-11(8-10)18-9-12(14)15-2/h5-8H,9H2,1-4H3. The molecule has 0 aliphatic carbocycles. The summed E-state index contributed by atoms with van der Waals surface area (Å²) >= 11 is 0. The number of hydrogen-bond acceptors (Lipinski definition) is 5. The first-order valence-corrected chi connectivity index (χ1v) is 5.46. The van der Waals surface area contributed by atoms with Gasteiger partial charge in [-0.25, -0.2) is 4.79 Å². The summed E-state index contributed by atoms with van der Waals surface area (Å²) in [6.07, 6.45) is 0. The van der Waals surface area contributed by atoms with Crippen LogP contribution in [0, 0.1) is 0 Å². The summed E-state index contributed by atoms with van der Waals surface area (Å²) in [6, 6.07) is 7.17. The summed E-state index contributed by atoms with van der Waals surface area (Å²) in [5.74, 6) is -0.718. The molecule has 0 radical (unpaired) electrons. The molecule has 0 spiro atoms. The first-order chi connectivity index (χ1) is 8.55. The van der Waals surface area contributed by atoms with Crippen LogP contribution >= 0.6 is 0 Å². The Balaban J connectivity index is 2.82. The average molecular weight is 254 g/mol. The fourth-order valence-corrected chi connectivity index (χ4v) is 1.39. The van der Waals surface area contributed by atoms with Crippen molar-refractivity contribution >= 4 is 5.97 Å². The highest BCUT2D eigenvalue weighted by Gasteiger charge is 2.25. The van der Waals surface area contributed by atoms with Gasteiger partial charge in [0.15, 0.2) is 12.4 Å². The minimum Gasteiger partial charge on any atom is -0.482 e. The number of benzene rings is 1. The Morgan fingerprint density at radius 3 is 2.44 bits per heavy atom. The molecule has 0 N–H and O–H groups in total. The van der Waals surface area contributed by atoms with Crippen molar-refractivity contribution in [3.8, 4) is 5.75 Å². The molecule has 0 unspecified atom stereocenters. The number of carbonyl (C=O) groups is 1. The first-order valence-electron chi connectivity index (χ1n) is 5.46. The van der Waals surface area contributed by atoms with Gasteiger partial charge in [-0.3, -0.25) is 0 Å². The Bertz CT molecular complexity index is 398. The highest BCUT2D eigenvalue weighted by atomic mass is 16.7. The van der Waals surface area contributed by atoms with Gasteiger partial charge in [-0.05, 0) is 19.1 Å². The minimum absolute atomic E-state index is 0.128. The maximum Gasteiger partial charge on any atom is 0.343 e. The minimum atomic E-state index is -0.843. The van der Waals surface area contributed by atoms with Gasteiger partial charge >= 0.3 is 5.97 Å². The van der Waals surface area contributed by atoms with E-state index in [0.717, 1.165) is 5.56 Å². The average Bonchev–Trinajstić information content (AvgIpc) is 2.44. The molecule has 0 aliphatic heterocycles. The van der Waals surface area contributed by atoms with E-state index in [9.17, 15) is 4.79 Å². The van der Waals surface area contributed by atoms with E-state index in [2.05, 4.69) is 4.74 Å². The summed E-state index contributed by atoms with van der Waals surface area (Å²) in [7, 11) is 4.44. The maximum absolute atomic E-state index is 11.0. The van der Waals surface area contributed by atoms with Crippen LogP contribution in [0.15, 0.2) is 24.3 Å². The van der Waals surface area contributed by atoms with Crippen molar-refractivity contribution in [3.05, 3.63) is 29.8 Å². The van der Waals surface area contributed by atoms with Gasteiger partial charge in [0.2, 0.25) is 0 Å². The molecule has 0 aliphatic rings. The lowest BCUT2D eigenvalue weighted by molar-refractivity contribution is -0.201. The largest absolute Gasteiger partial charge is 0.482 e. The van der Waals surface area contributed by atoms with E-state index in [4.69, 9.17) is 14.2 Å². The summed E-state index contributed by atoms with van der Waals surface area (Å²) < 4.78 is 20.4. The van der Waals surface area contributed by atoms with Gasteiger partial charge in [0.25, 0.3) is 0 Å². The molecule has 0 saturated carbocycles. The molecule has 0 atom stereocenters. The zero-order chi connectivity index (χ0) is 13.6. The number of esters is 1. The van der Waals surface area contributed by atoms with E-state index in [-0.39, 0.29) is 6.61 Å². The number of carbonyl (C=O) groups excluding carboxylic acids is 1. The lowest BCUT2D eigenvalue weighted by Crippen LogP contribution is -2.26. The molecule has 0 aromatic heterocycles. The van der Waals surface area contributed by atoms with Crippen molar-refractivity contribution in [1.82, 2.24) is 0 Å². The topological polar surface area (TPSA) is 54.0 Å². The van der Waals surface area contributed by atoms with Gasteiger partial charge in [-0.2, -0.15) is 0 Å². The molecule has 1 aromatic rings. The van der Waals surface area contributed by atoms with Crippen LogP contribution in [0.2, 0.25) is 0 Å². The Morgan fingerprint density at radius 1 is 1.22 bits per heavy atom. The molecule has 0 fully saturated rings. The summed E-state index contributed by atoms with van der Waals surface area (Å²) in [6.45, 7) is 1.67. The van der Waals surface area contributed by atoms with Gasteiger partial charge in [0.05, 0.1) is 7.11 Å². The summed E-state index contributed by atoms with van der Waals surface area (Å²) in [4.78, 5) is 11.0. The molecule has 1 aromatic carbocycles. The quantitative estimate of drug-likeness (QED) is 0.571. The van der Waals surface area contributed by atoms with Gasteiger partial charge < -0.3 is 18.9 Å². The molecule has 100 valence electrons. The molecular weight excluding hydrogens is 236 g/mol. The third kappa shape index (κ3) is 3.45. The van der Waals surface area contributed by atoms with Gasteiger partial charge in [-0.1, -0.05) is 12.1 Å². The predicted molar refractivity (Wildman–Crippen MR) is 65.3 cm³/mol. The summed E-state index contributed by atoms with van der Waals surface area (Å²) in [5.41, 5.74) is 0.801. The molecule has 5 heteroatoms. The third-order valence-electron chi connectivity index (χ3n) is 2.72. The monoisotopic (exact) mass is 254 g/mol. The van der Waals surface area contributed by atoms with Crippen LogP contribution in [-0.2, 0) is 24.8 Å². The Kier molecular flexibility index (Phi) is 5.12. The van der Waals surface area contributed by atoms with E-state index in [1.54, 1.807) is 39.3 Å². The Morgan fingerprint density at radius 2 is 1.89 bits per heavy atom. The van der Waals surface area contributed by atoms with Crippen LogP contribution in [0.25, 0.3) is 0 Å². The molecule has 0 heterocycles. The SMILES string of the molecule is COC(=O)COc1cccc(C(C)(OC)OC)c1. The summed E-state index contributed by atoms with van der Waals surface area (Å²) in [5, 5.41) is 0. The molecule has 5 nitrogen and oxygen atoms in total. The van der Waals surface area contributed by atoms with Gasteiger partial charge in [-0.15, -0.1) is 0 Å². The lowest BCUT2D eigenvalue weighted by Gasteiger charge is -2.27. The smallest absolute Gasteiger partial charge is 0.343 e. The third-order valence-corrected chi connectivity index (χ3v) is 2.72. The first kappa shape index (κ1) is 14.5. The van der Waals surface area contributed by atoms with Crippen LogP contribution in [0.5, 0.6) is 5.75 Å². The van der Waals surface area contributed by atoms with Crippen LogP contribution in [0.1, 0.15) is 12.5 Å². The predicted octanol–water partition coefficient (Wildman–Crippen LogP) is 1.70. The maximum atomic E-state index is 11.0. The van der Waals surface area contributed by atoms with Crippen molar-refractivity contribution in [1.29, 1.82) is 0 Å². The second kappa shape index (κ2) is 6.37. The van der Waals surface area contributed by atoms with Crippen molar-refractivity contribution < 1.29 is 23.7 Å². The molecule has 0 saturated heterocycles. The normalized spacial score (nSPS) is 11.1. The van der Waals surface area contributed by atoms with E-state index >= 15 is 0 Å². The van der Waals surface area contributed by atoms with Crippen molar-refractivity contribution in [2.75, 3.05) is 27.9 Å². The van der Waals surface area contributed by atoms with E-state index < -0.39 is 11.8 Å². The van der Waals surface area contributed by atoms with Crippen LogP contribution in [0.3, 0.4) is 0 Å². The van der Waals surface area contributed by atoms with Gasteiger partial charge in [0.1, 0.15) is 5.75 Å². The Hall–Kier alpha value is -1.59. The van der Waals surface area contributed by atoms with Crippen LogP contribution < -0.4 is 4.74 Å². The molecule has 0 amide bonds. The number of ether oxygens (including phenoxy) is 4. The Labute approximate surface area is 107 Å². The molecule has 18 heavy (non-hydrogen) atoms. The van der Waals surface area contributed by atoms with Crippen LogP contribution in [0.4, 0.5) is 0 Å². The van der Waals surface area contributed by atoms with E-state index in [1.807, 2.05) is 6.07 Å². The number of rotatable bonds is 6. The van der Waals surface area contributed by atoms with E-state index in [1.165, 1.54) is 7.11 Å². The highest BCUT2D eigenvalue weighted by Crippen LogP contribution is 2.28. The second-order valence-electron chi connectivity index (χ2n) is 3.75. The fourth-order valence-electron chi connectivity index (χ4n) is 1.39. The van der Waals surface area contributed by atoms with Crippen molar-refractivity contribution in [2.45, 2.75) is 12.7 Å². The second-order valence-corrected chi connectivity index (χ2v) is 3.75. The zero-order valence-electron chi connectivity index (χ0n) is 11.1. The van der Waals surface area contributed by atoms with Crippen molar-refractivity contribution in [2.24, 2.45) is 0 Å². The van der Waals surface area contributed by atoms with Crippen molar-refractivity contribution in [3.63, 3.8) is 0 Å². The lowest BCUT2D eigenvalue weighted by atomic mass is 10.1. The number of hydrogen-bond donors (Lipinski definition) is 0. The highest BCUT2D eigenvalue weighted by molar-refractivity contribution is 5.70. The zero-order valence-corrected chi connectivity index (χ0v) is 11.1.